The molecule has 1 unspecified atom stereocenters. The Bertz CT molecular complexity index is 845. The van der Waals surface area contributed by atoms with Crippen LogP contribution in [0, 0.1) is 11.7 Å². The van der Waals surface area contributed by atoms with Crippen molar-refractivity contribution in [1.29, 1.82) is 0 Å². The molecule has 1 aromatic carbocycles. The maximum Gasteiger partial charge on any atom is 0.129 e. The topological polar surface area (TPSA) is 72.5 Å². The molecule has 8 heteroatoms. The summed E-state index contributed by atoms with van der Waals surface area (Å²) in [7, 11) is 0. The van der Waals surface area contributed by atoms with Crippen molar-refractivity contribution in [1.82, 2.24) is 4.98 Å². The molecular weight excluding hydrogens is 402 g/mol. The lowest BCUT2D eigenvalue weighted by Gasteiger charge is -2.31. The van der Waals surface area contributed by atoms with Crippen LogP contribution in [0.25, 0.3) is 0 Å². The highest BCUT2D eigenvalue weighted by Gasteiger charge is 2.33. The summed E-state index contributed by atoms with van der Waals surface area (Å²) in [4.78, 5) is 8.87. The minimum atomic E-state index is -0.851. The maximum absolute atomic E-state index is 14.6. The van der Waals surface area contributed by atoms with Gasteiger partial charge in [-0.3, -0.25) is 9.98 Å². The molecule has 3 rings (SSSR count). The number of benzene rings is 1. The van der Waals surface area contributed by atoms with Gasteiger partial charge in [-0.2, -0.15) is 0 Å². The number of hydrogen-bond donors (Lipinski definition) is 2. The van der Waals surface area contributed by atoms with Crippen molar-refractivity contribution in [3.05, 3.63) is 58.6 Å². The van der Waals surface area contributed by atoms with Crippen LogP contribution >= 0.6 is 24.0 Å². The average Bonchev–Trinajstić information content (AvgIpc) is 2.61. The predicted octanol–water partition coefficient (Wildman–Crippen LogP) is 4.71. The highest BCUT2D eigenvalue weighted by Crippen LogP contribution is 2.34. The molecule has 2 heterocycles. The van der Waals surface area contributed by atoms with E-state index in [-0.39, 0.29) is 43.4 Å². The Labute approximate surface area is 176 Å². The van der Waals surface area contributed by atoms with Gasteiger partial charge in [0.15, 0.2) is 0 Å². The summed E-state index contributed by atoms with van der Waals surface area (Å²) in [6.45, 7) is 6.56. The van der Waals surface area contributed by atoms with Crippen LogP contribution in [0.5, 0.6) is 0 Å². The summed E-state index contributed by atoms with van der Waals surface area (Å²) in [5.41, 5.74) is 7.06. The summed E-state index contributed by atoms with van der Waals surface area (Å²) in [6.07, 6.45) is 1.63. The quantitative estimate of drug-likeness (QED) is 0.725. The number of rotatable bonds is 5. The van der Waals surface area contributed by atoms with Crippen molar-refractivity contribution in [2.45, 2.75) is 32.4 Å². The van der Waals surface area contributed by atoms with Gasteiger partial charge in [0, 0.05) is 17.4 Å². The van der Waals surface area contributed by atoms with Gasteiger partial charge in [0.25, 0.3) is 0 Å². The first-order chi connectivity index (χ1) is 12.8. The molecule has 1 aliphatic rings. The summed E-state index contributed by atoms with van der Waals surface area (Å²) < 4.78 is 20.1. The molecular formula is C20H25Cl2FN4O. The van der Waals surface area contributed by atoms with Crippen LogP contribution in [0.4, 0.5) is 10.1 Å². The summed E-state index contributed by atoms with van der Waals surface area (Å²) >= 11 is 5.95. The molecule has 152 valence electrons. The normalized spacial score (nSPS) is 20.3. The fourth-order valence-electron chi connectivity index (χ4n) is 3.23. The largest absolute Gasteiger partial charge is 0.386 e. The molecule has 28 heavy (non-hydrogen) atoms. The summed E-state index contributed by atoms with van der Waals surface area (Å²) in [6, 6.07) is 8.58. The van der Waals surface area contributed by atoms with Crippen molar-refractivity contribution >= 4 is 35.5 Å². The van der Waals surface area contributed by atoms with E-state index in [1.807, 2.05) is 19.1 Å². The highest BCUT2D eigenvalue weighted by atomic mass is 35.5. The molecule has 0 fully saturated rings. The average molecular weight is 427 g/mol. The van der Waals surface area contributed by atoms with E-state index >= 15 is 0 Å². The van der Waals surface area contributed by atoms with E-state index in [1.54, 1.807) is 18.3 Å². The van der Waals surface area contributed by atoms with Crippen LogP contribution in [0.15, 0.2) is 41.5 Å². The van der Waals surface area contributed by atoms with E-state index in [0.29, 0.717) is 16.4 Å². The maximum atomic E-state index is 14.6. The lowest BCUT2D eigenvalue weighted by Crippen LogP contribution is -2.38. The predicted molar refractivity (Wildman–Crippen MR) is 114 cm³/mol. The van der Waals surface area contributed by atoms with E-state index in [9.17, 15) is 4.39 Å². The SMILES string of the molecule is CC(C)C(Nc1ccc(F)c([C@]2(C)COCC(N)=N2)c1)c1ccc(Cl)cn1.Cl. The number of amidine groups is 1. The second-order valence-corrected chi connectivity index (χ2v) is 7.77. The van der Waals surface area contributed by atoms with Crippen molar-refractivity contribution < 1.29 is 9.13 Å². The van der Waals surface area contributed by atoms with Crippen molar-refractivity contribution in [2.24, 2.45) is 16.6 Å². The van der Waals surface area contributed by atoms with Gasteiger partial charge < -0.3 is 15.8 Å². The molecule has 0 saturated heterocycles. The standard InChI is InChI=1S/C20H24ClFN4O.ClH/c1-12(2)19(17-7-4-13(21)9-24-17)25-14-5-6-16(22)15(8-14)20(3)11-27-10-18(23)26-20;/h4-9,12,19,25H,10-11H2,1-3H3,(H2,23,26);1H/t19?,20-;/m0./s1. The zero-order chi connectivity index (χ0) is 19.6. The van der Waals surface area contributed by atoms with Gasteiger partial charge in [-0.15, -0.1) is 12.4 Å². The molecule has 0 saturated carbocycles. The first kappa shape index (κ1) is 22.4. The van der Waals surface area contributed by atoms with E-state index in [1.165, 1.54) is 6.07 Å². The van der Waals surface area contributed by atoms with Gasteiger partial charge in [0.1, 0.15) is 23.8 Å². The second kappa shape index (κ2) is 9.07. The Balaban J connectivity index is 0.00000280. The van der Waals surface area contributed by atoms with Crippen LogP contribution in [-0.2, 0) is 10.3 Å². The Kier molecular flexibility index (Phi) is 7.26. The number of aliphatic imine (C=N–C) groups is 1. The molecule has 1 aliphatic heterocycles. The molecule has 5 nitrogen and oxygen atoms in total. The van der Waals surface area contributed by atoms with E-state index in [2.05, 4.69) is 29.1 Å². The molecule has 0 radical (unpaired) electrons. The zero-order valence-corrected chi connectivity index (χ0v) is 17.6. The Morgan fingerprint density at radius 3 is 2.64 bits per heavy atom. The Morgan fingerprint density at radius 2 is 2.04 bits per heavy atom. The minimum absolute atomic E-state index is 0. The van der Waals surface area contributed by atoms with Crippen LogP contribution in [0.1, 0.15) is 38.1 Å². The number of halogens is 3. The molecule has 0 amide bonds. The van der Waals surface area contributed by atoms with Gasteiger partial charge in [-0.25, -0.2) is 4.39 Å². The molecule has 0 bridgehead atoms. The van der Waals surface area contributed by atoms with E-state index in [0.717, 1.165) is 11.4 Å². The van der Waals surface area contributed by atoms with Gasteiger partial charge in [-0.05, 0) is 43.2 Å². The minimum Gasteiger partial charge on any atom is -0.386 e. The summed E-state index contributed by atoms with van der Waals surface area (Å²) in [5, 5.41) is 4.05. The first-order valence-corrected chi connectivity index (χ1v) is 9.26. The molecule has 3 N–H and O–H groups in total. The molecule has 2 aromatic rings. The Morgan fingerprint density at radius 1 is 1.29 bits per heavy atom. The molecule has 1 aromatic heterocycles. The zero-order valence-electron chi connectivity index (χ0n) is 16.1. The number of nitrogens with two attached hydrogens (primary N) is 1. The third kappa shape index (κ3) is 4.93. The summed E-state index contributed by atoms with van der Waals surface area (Å²) in [5.74, 6) is 0.289. The van der Waals surface area contributed by atoms with Crippen LogP contribution in [-0.4, -0.2) is 24.0 Å². The fraction of sp³-hybridized carbons (Fsp3) is 0.400. The third-order valence-corrected chi connectivity index (χ3v) is 4.85. The van der Waals surface area contributed by atoms with Gasteiger partial charge in [0.05, 0.1) is 23.4 Å². The number of anilines is 1. The van der Waals surface area contributed by atoms with Crippen LogP contribution < -0.4 is 11.1 Å². The first-order valence-electron chi connectivity index (χ1n) is 8.88. The van der Waals surface area contributed by atoms with Crippen molar-refractivity contribution in [2.75, 3.05) is 18.5 Å². The van der Waals surface area contributed by atoms with Gasteiger partial charge in [-0.1, -0.05) is 25.4 Å². The smallest absolute Gasteiger partial charge is 0.129 e. The van der Waals surface area contributed by atoms with E-state index in [4.69, 9.17) is 22.1 Å². The van der Waals surface area contributed by atoms with Crippen LogP contribution in [0.3, 0.4) is 0 Å². The number of nitrogens with one attached hydrogen (secondary N) is 1. The number of ether oxygens (including phenoxy) is 1. The van der Waals surface area contributed by atoms with Crippen molar-refractivity contribution in [3.63, 3.8) is 0 Å². The highest BCUT2D eigenvalue weighted by molar-refractivity contribution is 6.30. The third-order valence-electron chi connectivity index (χ3n) is 4.63. The van der Waals surface area contributed by atoms with Crippen LogP contribution in [0.2, 0.25) is 5.02 Å². The number of pyridine rings is 1. The number of hydrogen-bond acceptors (Lipinski definition) is 5. The molecule has 2 atom stereocenters. The molecule has 0 spiro atoms. The fourth-order valence-corrected chi connectivity index (χ4v) is 3.35. The second-order valence-electron chi connectivity index (χ2n) is 7.33. The number of aromatic nitrogens is 1. The van der Waals surface area contributed by atoms with Gasteiger partial charge >= 0.3 is 0 Å². The number of nitrogens with zero attached hydrogens (tertiary/aromatic N) is 2. The lowest BCUT2D eigenvalue weighted by atomic mass is 9.91. The lowest BCUT2D eigenvalue weighted by molar-refractivity contribution is 0.104. The van der Waals surface area contributed by atoms with Crippen molar-refractivity contribution in [3.8, 4) is 0 Å². The monoisotopic (exact) mass is 426 g/mol. The Hall–Kier alpha value is -1.89. The molecule has 0 aliphatic carbocycles. The van der Waals surface area contributed by atoms with Gasteiger partial charge in [0.2, 0.25) is 0 Å². The van der Waals surface area contributed by atoms with E-state index < -0.39 is 5.54 Å².